The van der Waals surface area contributed by atoms with E-state index >= 15 is 0 Å². The third-order valence-electron chi connectivity index (χ3n) is 1.93. The SMILES string of the molecule is COC(=O)CCC[C@H](C)CCO. The second kappa shape index (κ2) is 7.10. The standard InChI is InChI=1S/C9H18O3/c1-8(6-7-10)4-3-5-9(11)12-2/h8,10H,3-7H2,1-2H3/t8-/m0/s1. The van der Waals surface area contributed by atoms with Crippen LogP contribution >= 0.6 is 0 Å². The molecule has 3 nitrogen and oxygen atoms in total. The maximum Gasteiger partial charge on any atom is 0.305 e. The fourth-order valence-electron chi connectivity index (χ4n) is 1.06. The number of hydrogen-bond donors (Lipinski definition) is 1. The first-order valence-electron chi connectivity index (χ1n) is 4.38. The molecule has 12 heavy (non-hydrogen) atoms. The number of hydrogen-bond acceptors (Lipinski definition) is 3. The van der Waals surface area contributed by atoms with Crippen molar-refractivity contribution in [2.75, 3.05) is 13.7 Å². The zero-order chi connectivity index (χ0) is 9.40. The molecule has 0 saturated heterocycles. The minimum Gasteiger partial charge on any atom is -0.469 e. The van der Waals surface area contributed by atoms with Crippen LogP contribution in [0.5, 0.6) is 0 Å². The average Bonchev–Trinajstić information content (AvgIpc) is 2.04. The van der Waals surface area contributed by atoms with Crippen molar-refractivity contribution in [3.63, 3.8) is 0 Å². The molecule has 0 spiro atoms. The van der Waals surface area contributed by atoms with E-state index in [-0.39, 0.29) is 12.6 Å². The first kappa shape index (κ1) is 11.4. The second-order valence-corrected chi connectivity index (χ2v) is 3.09. The summed E-state index contributed by atoms with van der Waals surface area (Å²) in [6.45, 7) is 2.31. The first-order chi connectivity index (χ1) is 5.70. The molecule has 0 fully saturated rings. The van der Waals surface area contributed by atoms with Crippen LogP contribution in [0.25, 0.3) is 0 Å². The lowest BCUT2D eigenvalue weighted by Crippen LogP contribution is -2.03. The van der Waals surface area contributed by atoms with Crippen LogP contribution in [0, 0.1) is 5.92 Å². The highest BCUT2D eigenvalue weighted by Crippen LogP contribution is 2.11. The van der Waals surface area contributed by atoms with Crippen molar-refractivity contribution < 1.29 is 14.6 Å². The predicted molar refractivity (Wildman–Crippen MR) is 46.7 cm³/mol. The normalized spacial score (nSPS) is 12.6. The van der Waals surface area contributed by atoms with Gasteiger partial charge in [0.1, 0.15) is 0 Å². The summed E-state index contributed by atoms with van der Waals surface area (Å²) in [5.74, 6) is 0.353. The zero-order valence-corrected chi connectivity index (χ0v) is 7.88. The van der Waals surface area contributed by atoms with Gasteiger partial charge in [0.2, 0.25) is 0 Å². The molecule has 1 N–H and O–H groups in total. The van der Waals surface area contributed by atoms with E-state index in [4.69, 9.17) is 5.11 Å². The number of esters is 1. The quantitative estimate of drug-likeness (QED) is 0.618. The molecular formula is C9H18O3. The zero-order valence-electron chi connectivity index (χ0n) is 7.88. The Morgan fingerprint density at radius 3 is 2.67 bits per heavy atom. The Balaban J connectivity index is 3.24. The molecule has 1 atom stereocenters. The molecule has 0 aliphatic heterocycles. The topological polar surface area (TPSA) is 46.5 Å². The van der Waals surface area contributed by atoms with Crippen LogP contribution < -0.4 is 0 Å². The molecule has 0 amide bonds. The van der Waals surface area contributed by atoms with Gasteiger partial charge in [-0.2, -0.15) is 0 Å². The van der Waals surface area contributed by atoms with Gasteiger partial charge < -0.3 is 9.84 Å². The van der Waals surface area contributed by atoms with Gasteiger partial charge in [-0.15, -0.1) is 0 Å². The Labute approximate surface area is 73.7 Å². The minimum absolute atomic E-state index is 0.147. The van der Waals surface area contributed by atoms with Crippen LogP contribution in [0.3, 0.4) is 0 Å². The summed E-state index contributed by atoms with van der Waals surface area (Å²) in [4.78, 5) is 10.7. The molecular weight excluding hydrogens is 156 g/mol. The van der Waals surface area contributed by atoms with Gasteiger partial charge in [0.25, 0.3) is 0 Å². The highest BCUT2D eigenvalue weighted by atomic mass is 16.5. The molecule has 0 radical (unpaired) electrons. The summed E-state index contributed by atoms with van der Waals surface area (Å²) in [7, 11) is 1.40. The Morgan fingerprint density at radius 1 is 1.50 bits per heavy atom. The van der Waals surface area contributed by atoms with Gasteiger partial charge in [-0.3, -0.25) is 4.79 Å². The molecule has 3 heteroatoms. The maximum absolute atomic E-state index is 10.7. The third kappa shape index (κ3) is 6.16. The molecule has 0 aromatic rings. The smallest absolute Gasteiger partial charge is 0.305 e. The summed E-state index contributed by atoms with van der Waals surface area (Å²) in [5.41, 5.74) is 0. The summed E-state index contributed by atoms with van der Waals surface area (Å²) in [6.07, 6.45) is 3.15. The van der Waals surface area contributed by atoms with Crippen LogP contribution in [0.2, 0.25) is 0 Å². The summed E-state index contributed by atoms with van der Waals surface area (Å²) >= 11 is 0. The highest BCUT2D eigenvalue weighted by molar-refractivity contribution is 5.68. The van der Waals surface area contributed by atoms with Crippen LogP contribution in [0.4, 0.5) is 0 Å². The van der Waals surface area contributed by atoms with E-state index in [0.717, 1.165) is 19.3 Å². The molecule has 0 aromatic heterocycles. The number of ether oxygens (including phenoxy) is 1. The number of aliphatic hydroxyl groups is 1. The molecule has 0 unspecified atom stereocenters. The fraction of sp³-hybridized carbons (Fsp3) is 0.889. The summed E-state index contributed by atoms with van der Waals surface area (Å²) in [6, 6.07) is 0. The Morgan fingerprint density at radius 2 is 2.17 bits per heavy atom. The van der Waals surface area contributed by atoms with E-state index in [0.29, 0.717) is 12.3 Å². The van der Waals surface area contributed by atoms with Crippen molar-refractivity contribution in [3.05, 3.63) is 0 Å². The van der Waals surface area contributed by atoms with Crippen LogP contribution in [0.1, 0.15) is 32.6 Å². The van der Waals surface area contributed by atoms with E-state index in [1.807, 2.05) is 0 Å². The fourth-order valence-corrected chi connectivity index (χ4v) is 1.06. The van der Waals surface area contributed by atoms with Gasteiger partial charge in [0.05, 0.1) is 7.11 Å². The average molecular weight is 174 g/mol. The number of aliphatic hydroxyl groups excluding tert-OH is 1. The van der Waals surface area contributed by atoms with Crippen molar-refractivity contribution >= 4 is 5.97 Å². The van der Waals surface area contributed by atoms with E-state index < -0.39 is 0 Å². The third-order valence-corrected chi connectivity index (χ3v) is 1.93. The Kier molecular flexibility index (Phi) is 6.76. The summed E-state index contributed by atoms with van der Waals surface area (Å²) < 4.78 is 4.50. The number of carbonyl (C=O) groups excluding carboxylic acids is 1. The van der Waals surface area contributed by atoms with E-state index in [1.54, 1.807) is 0 Å². The van der Waals surface area contributed by atoms with Gasteiger partial charge in [-0.25, -0.2) is 0 Å². The van der Waals surface area contributed by atoms with Crippen LogP contribution in [0.15, 0.2) is 0 Å². The van der Waals surface area contributed by atoms with Crippen molar-refractivity contribution in [2.24, 2.45) is 5.92 Å². The van der Waals surface area contributed by atoms with Crippen molar-refractivity contribution in [2.45, 2.75) is 32.6 Å². The highest BCUT2D eigenvalue weighted by Gasteiger charge is 2.03. The van der Waals surface area contributed by atoms with E-state index in [1.165, 1.54) is 7.11 Å². The van der Waals surface area contributed by atoms with E-state index in [9.17, 15) is 4.79 Å². The molecule has 0 rings (SSSR count). The van der Waals surface area contributed by atoms with Crippen LogP contribution in [-0.4, -0.2) is 24.8 Å². The van der Waals surface area contributed by atoms with Gasteiger partial charge >= 0.3 is 5.97 Å². The number of carbonyl (C=O) groups is 1. The maximum atomic E-state index is 10.7. The van der Waals surface area contributed by atoms with Gasteiger partial charge in [-0.1, -0.05) is 13.3 Å². The Bertz CT molecular complexity index is 123. The molecule has 0 aliphatic rings. The molecule has 0 heterocycles. The van der Waals surface area contributed by atoms with Crippen LogP contribution in [-0.2, 0) is 9.53 Å². The molecule has 0 saturated carbocycles. The Hall–Kier alpha value is -0.570. The second-order valence-electron chi connectivity index (χ2n) is 3.09. The van der Waals surface area contributed by atoms with Crippen molar-refractivity contribution in [1.29, 1.82) is 0 Å². The lowest BCUT2D eigenvalue weighted by molar-refractivity contribution is -0.140. The largest absolute Gasteiger partial charge is 0.469 e. The number of rotatable bonds is 6. The van der Waals surface area contributed by atoms with E-state index in [2.05, 4.69) is 11.7 Å². The van der Waals surface area contributed by atoms with Gasteiger partial charge in [0, 0.05) is 13.0 Å². The predicted octanol–water partition coefficient (Wildman–Crippen LogP) is 1.35. The lowest BCUT2D eigenvalue weighted by Gasteiger charge is -2.07. The molecule has 0 bridgehead atoms. The lowest BCUT2D eigenvalue weighted by atomic mass is 10.0. The monoisotopic (exact) mass is 174 g/mol. The minimum atomic E-state index is -0.147. The van der Waals surface area contributed by atoms with Crippen molar-refractivity contribution in [1.82, 2.24) is 0 Å². The van der Waals surface area contributed by atoms with Gasteiger partial charge in [0.15, 0.2) is 0 Å². The first-order valence-corrected chi connectivity index (χ1v) is 4.38. The van der Waals surface area contributed by atoms with Gasteiger partial charge in [-0.05, 0) is 18.8 Å². The molecule has 72 valence electrons. The number of methoxy groups -OCH3 is 1. The molecule has 0 aromatic carbocycles. The molecule has 0 aliphatic carbocycles. The summed E-state index contributed by atoms with van der Waals surface area (Å²) in [5, 5.41) is 8.60. The van der Waals surface area contributed by atoms with Crippen molar-refractivity contribution in [3.8, 4) is 0 Å².